The zero-order valence-electron chi connectivity index (χ0n) is 26.1. The Morgan fingerprint density at radius 1 is 0.674 bits per heavy atom. The van der Waals surface area contributed by atoms with E-state index in [1.165, 1.54) is 0 Å². The number of fused-ring (bicyclic) bond motifs is 2. The van der Waals surface area contributed by atoms with Crippen LogP contribution in [0.1, 0.15) is 47.4 Å². The Hall–Kier alpha value is -3.22. The number of likely N-dealkylation sites (N-methyl/N-ethyl adjacent to an activating group) is 2. The number of nitrogens with zero attached hydrogens (tertiary/aromatic N) is 2. The Bertz CT molecular complexity index is 1180. The summed E-state index contributed by atoms with van der Waals surface area (Å²) < 4.78 is 38.6. The highest BCUT2D eigenvalue weighted by Crippen LogP contribution is 2.36. The van der Waals surface area contributed by atoms with Crippen molar-refractivity contribution in [2.75, 3.05) is 81.4 Å². The molecule has 236 valence electrons. The average Bonchev–Trinajstić information content (AvgIpc) is 3.70. The smallest absolute Gasteiger partial charge is 0.231 e. The minimum absolute atomic E-state index is 0.0462. The Morgan fingerprint density at radius 2 is 1.07 bits per heavy atom. The highest BCUT2D eigenvalue weighted by Gasteiger charge is 2.40. The molecule has 2 atom stereocenters. The Kier molecular flexibility index (Phi) is 11.0. The van der Waals surface area contributed by atoms with Gasteiger partial charge in [-0.2, -0.15) is 0 Å². The molecule has 2 heterocycles. The van der Waals surface area contributed by atoms with Crippen LogP contribution in [-0.4, -0.2) is 114 Å². The van der Waals surface area contributed by atoms with Crippen LogP contribution in [0.2, 0.25) is 0 Å². The van der Waals surface area contributed by atoms with Gasteiger partial charge in [-0.15, -0.1) is 0 Å². The molecule has 0 spiro atoms. The van der Waals surface area contributed by atoms with Crippen molar-refractivity contribution >= 4 is 11.6 Å². The van der Waals surface area contributed by atoms with Gasteiger partial charge in [-0.3, -0.25) is 19.4 Å². The van der Waals surface area contributed by atoms with Crippen molar-refractivity contribution < 1.29 is 42.7 Å². The van der Waals surface area contributed by atoms with Crippen molar-refractivity contribution in [3.8, 4) is 23.0 Å². The van der Waals surface area contributed by atoms with Crippen LogP contribution in [0.15, 0.2) is 36.4 Å². The van der Waals surface area contributed by atoms with Crippen LogP contribution in [0, 0.1) is 0 Å². The van der Waals surface area contributed by atoms with E-state index in [-0.39, 0.29) is 25.2 Å². The number of carbonyl (C=O) groups excluding carboxylic acids is 2. The fourth-order valence-corrected chi connectivity index (χ4v) is 5.25. The van der Waals surface area contributed by atoms with Crippen molar-refractivity contribution in [3.63, 3.8) is 0 Å². The molecule has 2 aromatic rings. The van der Waals surface area contributed by atoms with E-state index >= 15 is 0 Å². The van der Waals surface area contributed by atoms with Crippen LogP contribution in [0.3, 0.4) is 0 Å². The second-order valence-corrected chi connectivity index (χ2v) is 11.3. The number of hydrogen-bond acceptors (Lipinski definition) is 11. The number of ketones is 2. The van der Waals surface area contributed by atoms with E-state index in [9.17, 15) is 9.59 Å². The first-order chi connectivity index (χ1) is 20.6. The Morgan fingerprint density at radius 3 is 1.47 bits per heavy atom. The van der Waals surface area contributed by atoms with Gasteiger partial charge < -0.3 is 33.2 Å². The summed E-state index contributed by atoms with van der Waals surface area (Å²) in [5.41, 5.74) is -0.657. The van der Waals surface area contributed by atoms with Gasteiger partial charge in [0.25, 0.3) is 0 Å². The molecule has 11 nitrogen and oxygen atoms in total. The standard InChI is InChI=1S/C32H44N2O9/c1-31(33(3)13-17-37-5,29(35)23-7-9-25-27(19-23)42-21-40-25)11-15-39-16-12-32(2,34(4)14-18-38-6)30(36)24-8-10-26-28(20-24)43-22-41-26/h7-10,19-20H,11-18,21-22H2,1-6H3. The molecule has 0 saturated heterocycles. The molecule has 0 N–H and O–H groups in total. The van der Waals surface area contributed by atoms with Crippen molar-refractivity contribution in [3.05, 3.63) is 47.5 Å². The van der Waals surface area contributed by atoms with E-state index in [1.54, 1.807) is 50.6 Å². The molecule has 0 radical (unpaired) electrons. The predicted octanol–water partition coefficient (Wildman–Crippen LogP) is 3.68. The number of Topliss-reactive ketones (excluding diaryl/α,β-unsaturated/α-hetero) is 2. The molecule has 0 fully saturated rings. The molecule has 4 rings (SSSR count). The summed E-state index contributed by atoms with van der Waals surface area (Å²) in [6.07, 6.45) is 0.875. The number of ether oxygens (including phenoxy) is 7. The normalized spacial score (nSPS) is 16.4. The molecule has 2 aliphatic rings. The lowest BCUT2D eigenvalue weighted by Crippen LogP contribution is -2.53. The van der Waals surface area contributed by atoms with Gasteiger partial charge in [-0.1, -0.05) is 0 Å². The van der Waals surface area contributed by atoms with Crippen molar-refractivity contribution in [1.82, 2.24) is 9.80 Å². The number of methoxy groups -OCH3 is 2. The van der Waals surface area contributed by atoms with Gasteiger partial charge in [0.1, 0.15) is 0 Å². The third-order valence-electron chi connectivity index (χ3n) is 8.66. The Labute approximate surface area is 253 Å². The topological polar surface area (TPSA) is 105 Å². The maximum Gasteiger partial charge on any atom is 0.231 e. The molecule has 2 aliphatic heterocycles. The number of hydrogen-bond donors (Lipinski definition) is 0. The SMILES string of the molecule is COCCN(C)C(C)(CCOCCC(C)(C(=O)c1ccc2c(c1)OCO2)N(C)CCOC)C(=O)c1ccc2c(c1)OCO2. The van der Waals surface area contributed by atoms with Crippen LogP contribution in [0.25, 0.3) is 0 Å². The highest BCUT2D eigenvalue weighted by atomic mass is 16.7. The number of benzene rings is 2. The maximum absolute atomic E-state index is 13.9. The summed E-state index contributed by atoms with van der Waals surface area (Å²) in [6.45, 7) is 6.86. The van der Waals surface area contributed by atoms with Crippen LogP contribution >= 0.6 is 0 Å². The molecule has 0 saturated carbocycles. The first-order valence-corrected chi connectivity index (χ1v) is 14.5. The van der Waals surface area contributed by atoms with E-state index in [1.807, 2.05) is 37.7 Å². The van der Waals surface area contributed by atoms with Gasteiger partial charge in [0.05, 0.1) is 24.3 Å². The molecule has 2 unspecified atom stereocenters. The van der Waals surface area contributed by atoms with Gasteiger partial charge in [-0.05, 0) is 77.2 Å². The van der Waals surface area contributed by atoms with E-state index in [0.717, 1.165) is 0 Å². The average molecular weight is 601 g/mol. The number of carbonyl (C=O) groups is 2. The second kappa shape index (κ2) is 14.5. The first-order valence-electron chi connectivity index (χ1n) is 14.5. The van der Waals surface area contributed by atoms with E-state index < -0.39 is 11.1 Å². The first kappa shape index (κ1) is 32.7. The summed E-state index contributed by atoms with van der Waals surface area (Å²) >= 11 is 0. The molecule has 0 aromatic heterocycles. The second-order valence-electron chi connectivity index (χ2n) is 11.3. The van der Waals surface area contributed by atoms with Crippen LogP contribution in [0.4, 0.5) is 0 Å². The van der Waals surface area contributed by atoms with Crippen LogP contribution in [0.5, 0.6) is 23.0 Å². The van der Waals surface area contributed by atoms with Crippen LogP contribution in [-0.2, 0) is 14.2 Å². The fourth-order valence-electron chi connectivity index (χ4n) is 5.25. The fraction of sp³-hybridized carbons (Fsp3) is 0.562. The summed E-state index contributed by atoms with van der Waals surface area (Å²) in [5.74, 6) is 2.29. The summed E-state index contributed by atoms with van der Waals surface area (Å²) in [4.78, 5) is 31.8. The molecular weight excluding hydrogens is 556 g/mol. The lowest BCUT2D eigenvalue weighted by molar-refractivity contribution is 0.0240. The maximum atomic E-state index is 13.9. The van der Waals surface area contributed by atoms with E-state index in [0.29, 0.717) is 86.5 Å². The lowest BCUT2D eigenvalue weighted by Gasteiger charge is -2.39. The number of rotatable bonds is 18. The lowest BCUT2D eigenvalue weighted by atomic mass is 9.86. The minimum atomic E-state index is -0.868. The molecule has 0 bridgehead atoms. The van der Waals surface area contributed by atoms with Gasteiger partial charge in [0.2, 0.25) is 13.6 Å². The monoisotopic (exact) mass is 600 g/mol. The van der Waals surface area contributed by atoms with Crippen LogP contribution < -0.4 is 18.9 Å². The molecule has 11 heteroatoms. The summed E-state index contributed by atoms with van der Waals surface area (Å²) in [6, 6.07) is 10.5. The molecule has 0 amide bonds. The summed E-state index contributed by atoms with van der Waals surface area (Å²) in [5, 5.41) is 0. The Balaban J connectivity index is 1.44. The zero-order chi connectivity index (χ0) is 31.0. The molecule has 2 aromatic carbocycles. The third-order valence-corrected chi connectivity index (χ3v) is 8.66. The van der Waals surface area contributed by atoms with Gasteiger partial charge in [-0.25, -0.2) is 0 Å². The van der Waals surface area contributed by atoms with Crippen molar-refractivity contribution in [1.29, 1.82) is 0 Å². The van der Waals surface area contributed by atoms with Gasteiger partial charge >= 0.3 is 0 Å². The van der Waals surface area contributed by atoms with E-state index in [2.05, 4.69) is 0 Å². The van der Waals surface area contributed by atoms with E-state index in [4.69, 9.17) is 33.2 Å². The van der Waals surface area contributed by atoms with Crippen molar-refractivity contribution in [2.24, 2.45) is 0 Å². The minimum Gasteiger partial charge on any atom is -0.454 e. The quantitative estimate of drug-likeness (QED) is 0.185. The molecule has 0 aliphatic carbocycles. The largest absolute Gasteiger partial charge is 0.454 e. The predicted molar refractivity (Wildman–Crippen MR) is 160 cm³/mol. The van der Waals surface area contributed by atoms with Gasteiger partial charge in [0, 0.05) is 51.6 Å². The zero-order valence-corrected chi connectivity index (χ0v) is 26.1. The van der Waals surface area contributed by atoms with Crippen molar-refractivity contribution in [2.45, 2.75) is 37.8 Å². The molecule has 43 heavy (non-hydrogen) atoms. The highest BCUT2D eigenvalue weighted by molar-refractivity contribution is 6.04. The third kappa shape index (κ3) is 7.30. The summed E-state index contributed by atoms with van der Waals surface area (Å²) in [7, 11) is 7.10. The molecular formula is C32H44N2O9. The van der Waals surface area contributed by atoms with Gasteiger partial charge in [0.15, 0.2) is 34.6 Å².